The van der Waals surface area contributed by atoms with Gasteiger partial charge in [-0.2, -0.15) is 0 Å². The second-order valence-electron chi connectivity index (χ2n) is 3.46. The van der Waals surface area contributed by atoms with Crippen LogP contribution in [0.4, 0.5) is 0 Å². The zero-order chi connectivity index (χ0) is 8.85. The van der Waals surface area contributed by atoms with E-state index in [1.807, 2.05) is 0 Å². The Morgan fingerprint density at radius 1 is 1.27 bits per heavy atom. The summed E-state index contributed by atoms with van der Waals surface area (Å²) in [6, 6.07) is 0. The van der Waals surface area contributed by atoms with E-state index in [4.69, 9.17) is 5.73 Å². The Bertz CT molecular complexity index is 136. The van der Waals surface area contributed by atoms with Crippen LogP contribution in [0, 0.1) is 5.92 Å². The highest BCUT2D eigenvalue weighted by Crippen LogP contribution is 2.15. The molecule has 11 heavy (non-hydrogen) atoms. The minimum Gasteiger partial charge on any atom is -0.330 e. The highest BCUT2D eigenvalue weighted by atomic mass is 14.5. The molecule has 1 unspecified atom stereocenters. The van der Waals surface area contributed by atoms with Crippen LogP contribution in [0.15, 0.2) is 11.1 Å². The van der Waals surface area contributed by atoms with Crippen molar-refractivity contribution in [2.24, 2.45) is 11.7 Å². The Balaban J connectivity index is 3.94. The topological polar surface area (TPSA) is 26.0 Å². The average Bonchev–Trinajstić information content (AvgIpc) is 2.02. The molecule has 0 aliphatic rings. The lowest BCUT2D eigenvalue weighted by molar-refractivity contribution is 0.585. The van der Waals surface area contributed by atoms with Crippen molar-refractivity contribution in [2.75, 3.05) is 6.54 Å². The lowest BCUT2D eigenvalue weighted by atomic mass is 9.98. The van der Waals surface area contributed by atoms with Gasteiger partial charge in [-0.05, 0) is 39.2 Å². The van der Waals surface area contributed by atoms with Gasteiger partial charge in [-0.3, -0.25) is 0 Å². The van der Waals surface area contributed by atoms with Gasteiger partial charge in [0.15, 0.2) is 0 Å². The predicted octanol–water partition coefficient (Wildman–Crippen LogP) is 2.72. The molecule has 1 heteroatoms. The molecule has 66 valence electrons. The fraction of sp³-hybridized carbons (Fsp3) is 0.800. The summed E-state index contributed by atoms with van der Waals surface area (Å²) in [6.45, 7) is 9.62. The molecular formula is C10H21N. The first kappa shape index (κ1) is 10.7. The molecule has 0 bridgehead atoms. The van der Waals surface area contributed by atoms with E-state index in [0.29, 0.717) is 5.92 Å². The molecule has 0 aromatic heterocycles. The van der Waals surface area contributed by atoms with Gasteiger partial charge in [0.1, 0.15) is 0 Å². The molecular weight excluding hydrogens is 134 g/mol. The summed E-state index contributed by atoms with van der Waals surface area (Å²) in [6.07, 6.45) is 2.33. The van der Waals surface area contributed by atoms with E-state index in [-0.39, 0.29) is 0 Å². The van der Waals surface area contributed by atoms with Crippen LogP contribution in [0.1, 0.15) is 40.5 Å². The molecule has 0 saturated heterocycles. The zero-order valence-electron chi connectivity index (χ0n) is 8.28. The molecule has 0 heterocycles. The molecule has 0 fully saturated rings. The highest BCUT2D eigenvalue weighted by Gasteiger charge is 2.01. The summed E-state index contributed by atoms with van der Waals surface area (Å²) >= 11 is 0. The van der Waals surface area contributed by atoms with Crippen LogP contribution < -0.4 is 5.73 Å². The molecule has 0 aromatic carbocycles. The van der Waals surface area contributed by atoms with E-state index in [0.717, 1.165) is 13.0 Å². The Morgan fingerprint density at radius 2 is 1.82 bits per heavy atom. The fourth-order valence-corrected chi connectivity index (χ4v) is 1.08. The van der Waals surface area contributed by atoms with Gasteiger partial charge < -0.3 is 5.73 Å². The van der Waals surface area contributed by atoms with E-state index < -0.39 is 0 Å². The van der Waals surface area contributed by atoms with Crippen LogP contribution >= 0.6 is 0 Å². The highest BCUT2D eigenvalue weighted by molar-refractivity contribution is 5.09. The van der Waals surface area contributed by atoms with Crippen molar-refractivity contribution in [3.05, 3.63) is 11.1 Å². The van der Waals surface area contributed by atoms with Crippen molar-refractivity contribution in [3.8, 4) is 0 Å². The van der Waals surface area contributed by atoms with Gasteiger partial charge in [-0.15, -0.1) is 0 Å². The minimum absolute atomic E-state index is 0.636. The normalized spacial score (nSPS) is 16.1. The SMILES string of the molecule is CCC(C)=C(C)CC(C)CN. The smallest absolute Gasteiger partial charge is 0.00484 e. The summed E-state index contributed by atoms with van der Waals surface area (Å²) in [5.41, 5.74) is 8.58. The first-order chi connectivity index (χ1) is 5.11. The minimum atomic E-state index is 0.636. The zero-order valence-corrected chi connectivity index (χ0v) is 8.28. The van der Waals surface area contributed by atoms with Gasteiger partial charge in [-0.1, -0.05) is 25.0 Å². The Kier molecular flexibility index (Phi) is 5.22. The van der Waals surface area contributed by atoms with Gasteiger partial charge >= 0.3 is 0 Å². The maximum atomic E-state index is 5.54. The van der Waals surface area contributed by atoms with Gasteiger partial charge in [0.25, 0.3) is 0 Å². The number of nitrogens with two attached hydrogens (primary N) is 1. The number of allylic oxidation sites excluding steroid dienone is 2. The molecule has 0 aliphatic carbocycles. The van der Waals surface area contributed by atoms with Gasteiger partial charge in [0.2, 0.25) is 0 Å². The van der Waals surface area contributed by atoms with E-state index in [9.17, 15) is 0 Å². The first-order valence-corrected chi connectivity index (χ1v) is 4.47. The summed E-state index contributed by atoms with van der Waals surface area (Å²) < 4.78 is 0. The third kappa shape index (κ3) is 4.20. The van der Waals surface area contributed by atoms with E-state index >= 15 is 0 Å². The predicted molar refractivity (Wildman–Crippen MR) is 51.5 cm³/mol. The molecule has 0 saturated carbocycles. The lowest BCUT2D eigenvalue weighted by Gasteiger charge is -2.10. The van der Waals surface area contributed by atoms with Gasteiger partial charge in [0.05, 0.1) is 0 Å². The van der Waals surface area contributed by atoms with Crippen molar-refractivity contribution in [3.63, 3.8) is 0 Å². The molecule has 0 aliphatic heterocycles. The maximum absolute atomic E-state index is 5.54. The van der Waals surface area contributed by atoms with Crippen LogP contribution in [0.3, 0.4) is 0 Å². The third-order valence-corrected chi connectivity index (χ3v) is 2.32. The molecule has 0 spiro atoms. The van der Waals surface area contributed by atoms with E-state index in [1.165, 1.54) is 17.6 Å². The Morgan fingerprint density at radius 3 is 2.18 bits per heavy atom. The molecule has 1 nitrogen and oxygen atoms in total. The summed E-state index contributed by atoms with van der Waals surface area (Å²) in [5, 5.41) is 0. The molecule has 2 N–H and O–H groups in total. The second kappa shape index (κ2) is 5.36. The van der Waals surface area contributed by atoms with Gasteiger partial charge in [-0.25, -0.2) is 0 Å². The first-order valence-electron chi connectivity index (χ1n) is 4.47. The maximum Gasteiger partial charge on any atom is -0.00484 e. The summed E-state index contributed by atoms with van der Waals surface area (Å²) in [7, 11) is 0. The fourth-order valence-electron chi connectivity index (χ4n) is 1.08. The molecule has 0 amide bonds. The van der Waals surface area contributed by atoms with Crippen molar-refractivity contribution in [1.82, 2.24) is 0 Å². The number of hydrogen-bond donors (Lipinski definition) is 1. The van der Waals surface area contributed by atoms with Crippen molar-refractivity contribution < 1.29 is 0 Å². The van der Waals surface area contributed by atoms with Crippen LogP contribution in [0.25, 0.3) is 0 Å². The van der Waals surface area contributed by atoms with Crippen molar-refractivity contribution >= 4 is 0 Å². The van der Waals surface area contributed by atoms with Crippen molar-refractivity contribution in [2.45, 2.75) is 40.5 Å². The van der Waals surface area contributed by atoms with Crippen LogP contribution in [0.5, 0.6) is 0 Å². The average molecular weight is 155 g/mol. The molecule has 0 aromatic rings. The molecule has 0 rings (SSSR count). The monoisotopic (exact) mass is 155 g/mol. The molecule has 0 radical (unpaired) electrons. The van der Waals surface area contributed by atoms with Gasteiger partial charge in [0, 0.05) is 0 Å². The quantitative estimate of drug-likeness (QED) is 0.621. The van der Waals surface area contributed by atoms with E-state index in [2.05, 4.69) is 27.7 Å². The van der Waals surface area contributed by atoms with Crippen molar-refractivity contribution in [1.29, 1.82) is 0 Å². The summed E-state index contributed by atoms with van der Waals surface area (Å²) in [4.78, 5) is 0. The second-order valence-corrected chi connectivity index (χ2v) is 3.46. The number of rotatable bonds is 4. The Labute approximate surface area is 70.7 Å². The van der Waals surface area contributed by atoms with Crippen LogP contribution in [0.2, 0.25) is 0 Å². The summed E-state index contributed by atoms with van der Waals surface area (Å²) in [5.74, 6) is 0.636. The Hall–Kier alpha value is -0.300. The lowest BCUT2D eigenvalue weighted by Crippen LogP contribution is -2.11. The van der Waals surface area contributed by atoms with Crippen LogP contribution in [-0.4, -0.2) is 6.54 Å². The third-order valence-electron chi connectivity index (χ3n) is 2.32. The standard InChI is InChI=1S/C10H21N/c1-5-9(3)10(4)6-8(2)7-11/h8H,5-7,11H2,1-4H3. The molecule has 1 atom stereocenters. The van der Waals surface area contributed by atoms with Crippen LogP contribution in [-0.2, 0) is 0 Å². The number of hydrogen-bond acceptors (Lipinski definition) is 1. The van der Waals surface area contributed by atoms with E-state index in [1.54, 1.807) is 0 Å². The largest absolute Gasteiger partial charge is 0.330 e.